The van der Waals surface area contributed by atoms with Gasteiger partial charge in [0.2, 0.25) is 0 Å². The molecule has 124 valence electrons. The first-order valence-electron chi connectivity index (χ1n) is 7.39. The number of hydrogen-bond acceptors (Lipinski definition) is 4. The Morgan fingerprint density at radius 3 is 2.56 bits per heavy atom. The van der Waals surface area contributed by atoms with Gasteiger partial charge in [0.05, 0.1) is 17.4 Å². The molecule has 1 aromatic heterocycles. The molecule has 0 fully saturated rings. The Kier molecular flexibility index (Phi) is 4.57. The average molecular weight is 337 g/mol. The number of benzene rings is 2. The molecule has 6 heteroatoms. The Morgan fingerprint density at radius 2 is 1.84 bits per heavy atom. The second-order valence-electron chi connectivity index (χ2n) is 5.24. The fraction of sp³-hybridized carbons (Fsp3) is 0.0526. The average Bonchev–Trinajstić information content (AvgIpc) is 2.64. The van der Waals surface area contributed by atoms with Crippen molar-refractivity contribution in [3.05, 3.63) is 78.1 Å². The highest BCUT2D eigenvalue weighted by molar-refractivity contribution is 5.63. The van der Waals surface area contributed by atoms with Gasteiger partial charge in [-0.2, -0.15) is 5.26 Å². The summed E-state index contributed by atoms with van der Waals surface area (Å²) in [6.45, 7) is 0. The summed E-state index contributed by atoms with van der Waals surface area (Å²) in [4.78, 5) is 5.95. The molecule has 0 amide bonds. The lowest BCUT2D eigenvalue weighted by atomic mass is 10.2. The third-order valence-electron chi connectivity index (χ3n) is 3.61. The first-order valence-corrected chi connectivity index (χ1v) is 7.39. The van der Waals surface area contributed by atoms with Crippen LogP contribution in [0, 0.1) is 23.0 Å². The number of aromatic nitrogens is 1. The van der Waals surface area contributed by atoms with Gasteiger partial charge in [-0.1, -0.05) is 6.07 Å². The molecule has 2 aromatic carbocycles. The summed E-state index contributed by atoms with van der Waals surface area (Å²) in [6.07, 6.45) is 3.39. The molecule has 0 saturated heterocycles. The zero-order chi connectivity index (χ0) is 17.8. The molecule has 0 saturated carbocycles. The Labute approximate surface area is 143 Å². The number of ether oxygens (including phenoxy) is 1. The molecule has 0 aliphatic rings. The first-order chi connectivity index (χ1) is 12.1. The molecular weight excluding hydrogens is 324 g/mol. The number of nitriles is 1. The van der Waals surface area contributed by atoms with E-state index in [2.05, 4.69) is 4.98 Å². The van der Waals surface area contributed by atoms with Gasteiger partial charge in [0.25, 0.3) is 0 Å². The van der Waals surface area contributed by atoms with Crippen molar-refractivity contribution in [2.75, 3.05) is 11.9 Å². The maximum absolute atomic E-state index is 14.0. The summed E-state index contributed by atoms with van der Waals surface area (Å²) in [6, 6.07) is 13.9. The normalized spacial score (nSPS) is 10.2. The minimum Gasteiger partial charge on any atom is -0.454 e. The van der Waals surface area contributed by atoms with Crippen molar-refractivity contribution in [3.63, 3.8) is 0 Å². The van der Waals surface area contributed by atoms with Gasteiger partial charge in [0, 0.05) is 31.1 Å². The van der Waals surface area contributed by atoms with E-state index in [0.717, 1.165) is 23.5 Å². The van der Waals surface area contributed by atoms with Crippen molar-refractivity contribution in [1.29, 1.82) is 5.26 Å². The zero-order valence-electron chi connectivity index (χ0n) is 13.3. The Morgan fingerprint density at radius 1 is 1.04 bits per heavy atom. The second-order valence-corrected chi connectivity index (χ2v) is 5.24. The molecule has 1 heterocycles. The van der Waals surface area contributed by atoms with E-state index in [4.69, 9.17) is 10.00 Å². The number of pyridine rings is 1. The fourth-order valence-electron chi connectivity index (χ4n) is 2.28. The molecule has 0 radical (unpaired) electrons. The first kappa shape index (κ1) is 16.4. The standard InChI is InChI=1S/C19H13F2N3O/c1-24(15-5-3-7-23-12-15)14-4-2-6-16(9-14)25-19-10-17(20)13(11-22)8-18(19)21/h2-10,12H,1H3. The molecule has 0 N–H and O–H groups in total. The molecule has 0 bridgehead atoms. The summed E-state index contributed by atoms with van der Waals surface area (Å²) < 4.78 is 33.1. The molecule has 25 heavy (non-hydrogen) atoms. The van der Waals surface area contributed by atoms with Crippen LogP contribution in [0.3, 0.4) is 0 Å². The van der Waals surface area contributed by atoms with Crippen LogP contribution in [0.5, 0.6) is 11.5 Å². The maximum atomic E-state index is 14.0. The fourth-order valence-corrected chi connectivity index (χ4v) is 2.28. The van der Waals surface area contributed by atoms with E-state index >= 15 is 0 Å². The van der Waals surface area contributed by atoms with Gasteiger partial charge in [0.1, 0.15) is 17.6 Å². The minimum absolute atomic E-state index is 0.280. The number of hydrogen-bond donors (Lipinski definition) is 0. The van der Waals surface area contributed by atoms with E-state index in [1.165, 1.54) is 0 Å². The second kappa shape index (κ2) is 6.97. The minimum atomic E-state index is -0.831. The van der Waals surface area contributed by atoms with Gasteiger partial charge in [0.15, 0.2) is 11.6 Å². The van der Waals surface area contributed by atoms with Crippen LogP contribution in [0.1, 0.15) is 5.56 Å². The van der Waals surface area contributed by atoms with Gasteiger partial charge >= 0.3 is 0 Å². The number of rotatable bonds is 4. The molecule has 0 spiro atoms. The summed E-state index contributed by atoms with van der Waals surface area (Å²) in [5, 5.41) is 8.72. The predicted molar refractivity (Wildman–Crippen MR) is 89.9 cm³/mol. The van der Waals surface area contributed by atoms with Gasteiger partial charge in [-0.05, 0) is 30.3 Å². The molecular formula is C19H13F2N3O. The highest BCUT2D eigenvalue weighted by atomic mass is 19.1. The van der Waals surface area contributed by atoms with E-state index in [1.807, 2.05) is 30.1 Å². The third-order valence-corrected chi connectivity index (χ3v) is 3.61. The third kappa shape index (κ3) is 3.56. The van der Waals surface area contributed by atoms with E-state index in [1.54, 1.807) is 36.7 Å². The Bertz CT molecular complexity index is 939. The van der Waals surface area contributed by atoms with Crippen molar-refractivity contribution < 1.29 is 13.5 Å². The van der Waals surface area contributed by atoms with E-state index < -0.39 is 11.6 Å². The van der Waals surface area contributed by atoms with Crippen LogP contribution in [0.4, 0.5) is 20.2 Å². The van der Waals surface area contributed by atoms with Crippen LogP contribution in [-0.4, -0.2) is 12.0 Å². The lowest BCUT2D eigenvalue weighted by Crippen LogP contribution is -2.09. The van der Waals surface area contributed by atoms with Crippen LogP contribution < -0.4 is 9.64 Å². The largest absolute Gasteiger partial charge is 0.454 e. The van der Waals surface area contributed by atoms with E-state index in [-0.39, 0.29) is 11.3 Å². The van der Waals surface area contributed by atoms with E-state index in [9.17, 15) is 8.78 Å². The number of anilines is 2. The van der Waals surface area contributed by atoms with Crippen LogP contribution in [0.15, 0.2) is 60.9 Å². The number of halogens is 2. The van der Waals surface area contributed by atoms with Crippen molar-refractivity contribution in [3.8, 4) is 17.6 Å². The summed E-state index contributed by atoms with van der Waals surface area (Å²) in [5.41, 5.74) is 1.30. The topological polar surface area (TPSA) is 49.2 Å². The van der Waals surface area contributed by atoms with E-state index in [0.29, 0.717) is 5.75 Å². The van der Waals surface area contributed by atoms with Crippen LogP contribution >= 0.6 is 0 Å². The maximum Gasteiger partial charge on any atom is 0.167 e. The molecule has 0 atom stereocenters. The molecule has 3 rings (SSSR count). The van der Waals surface area contributed by atoms with Crippen LogP contribution in [0.25, 0.3) is 0 Å². The predicted octanol–water partition coefficient (Wildman–Crippen LogP) is 4.79. The highest BCUT2D eigenvalue weighted by Gasteiger charge is 2.12. The molecule has 0 aliphatic carbocycles. The molecule has 0 unspecified atom stereocenters. The molecule has 0 aliphatic heterocycles. The van der Waals surface area contributed by atoms with Crippen molar-refractivity contribution in [1.82, 2.24) is 4.98 Å². The Balaban J connectivity index is 1.88. The monoisotopic (exact) mass is 337 g/mol. The van der Waals surface area contributed by atoms with Gasteiger partial charge < -0.3 is 9.64 Å². The highest BCUT2D eigenvalue weighted by Crippen LogP contribution is 2.31. The van der Waals surface area contributed by atoms with Gasteiger partial charge in [-0.25, -0.2) is 8.78 Å². The van der Waals surface area contributed by atoms with Gasteiger partial charge in [-0.3, -0.25) is 4.98 Å². The zero-order valence-corrected chi connectivity index (χ0v) is 13.3. The molecule has 4 nitrogen and oxygen atoms in total. The van der Waals surface area contributed by atoms with Crippen molar-refractivity contribution >= 4 is 11.4 Å². The van der Waals surface area contributed by atoms with Gasteiger partial charge in [-0.15, -0.1) is 0 Å². The number of nitrogens with zero attached hydrogens (tertiary/aromatic N) is 3. The smallest absolute Gasteiger partial charge is 0.167 e. The lowest BCUT2D eigenvalue weighted by Gasteiger charge is -2.19. The summed E-state index contributed by atoms with van der Waals surface area (Å²) in [7, 11) is 1.86. The van der Waals surface area contributed by atoms with Crippen LogP contribution in [-0.2, 0) is 0 Å². The van der Waals surface area contributed by atoms with Crippen LogP contribution in [0.2, 0.25) is 0 Å². The SMILES string of the molecule is CN(c1cccnc1)c1cccc(Oc2cc(F)c(C#N)cc2F)c1. The summed E-state index contributed by atoms with van der Waals surface area (Å²) in [5.74, 6) is -1.57. The van der Waals surface area contributed by atoms with Crippen molar-refractivity contribution in [2.24, 2.45) is 0 Å². The quantitative estimate of drug-likeness (QED) is 0.687. The summed E-state index contributed by atoms with van der Waals surface area (Å²) >= 11 is 0. The Hall–Kier alpha value is -3.46. The van der Waals surface area contributed by atoms with Crippen molar-refractivity contribution in [2.45, 2.75) is 0 Å². The molecule has 3 aromatic rings. The lowest BCUT2D eigenvalue weighted by molar-refractivity contribution is 0.436.